The molecule has 0 aliphatic carbocycles. The molecular formula is C18H27NO4. The minimum absolute atomic E-state index is 0.0577. The highest BCUT2D eigenvalue weighted by molar-refractivity contribution is 5.68. The quantitative estimate of drug-likeness (QED) is 0.930. The lowest BCUT2D eigenvalue weighted by Crippen LogP contribution is -2.40. The van der Waals surface area contributed by atoms with Gasteiger partial charge < -0.3 is 19.5 Å². The highest BCUT2D eigenvalue weighted by Gasteiger charge is 2.29. The van der Waals surface area contributed by atoms with E-state index in [-0.39, 0.29) is 12.2 Å². The average molecular weight is 321 g/mol. The van der Waals surface area contributed by atoms with Crippen LogP contribution in [-0.4, -0.2) is 47.0 Å². The first kappa shape index (κ1) is 17.8. The number of rotatable bonds is 3. The molecule has 1 heterocycles. The molecule has 2 atom stereocenters. The van der Waals surface area contributed by atoms with Gasteiger partial charge in [-0.15, -0.1) is 0 Å². The van der Waals surface area contributed by atoms with E-state index in [1.165, 1.54) is 0 Å². The minimum atomic E-state index is -0.592. The van der Waals surface area contributed by atoms with Gasteiger partial charge in [-0.2, -0.15) is 0 Å². The van der Waals surface area contributed by atoms with E-state index in [1.54, 1.807) is 4.90 Å². The number of amides is 1. The Morgan fingerprint density at radius 1 is 1.30 bits per heavy atom. The second-order valence-electron chi connectivity index (χ2n) is 7.02. The molecule has 23 heavy (non-hydrogen) atoms. The van der Waals surface area contributed by atoms with E-state index in [0.717, 1.165) is 5.56 Å². The average Bonchev–Trinajstić information content (AvgIpc) is 2.66. The molecule has 2 unspecified atom stereocenters. The normalized spacial score (nSPS) is 22.5. The van der Waals surface area contributed by atoms with Crippen molar-refractivity contribution in [1.82, 2.24) is 4.90 Å². The number of benzene rings is 1. The van der Waals surface area contributed by atoms with Crippen LogP contribution in [0, 0.1) is 0 Å². The number of ether oxygens (including phenoxy) is 2. The maximum atomic E-state index is 12.1. The van der Waals surface area contributed by atoms with Gasteiger partial charge in [0.25, 0.3) is 0 Å². The van der Waals surface area contributed by atoms with Gasteiger partial charge in [-0.05, 0) is 32.8 Å². The van der Waals surface area contributed by atoms with Gasteiger partial charge in [0.2, 0.25) is 0 Å². The summed E-state index contributed by atoms with van der Waals surface area (Å²) < 4.78 is 11.3. The van der Waals surface area contributed by atoms with Gasteiger partial charge in [0.05, 0.1) is 25.4 Å². The summed E-state index contributed by atoms with van der Waals surface area (Å²) in [7, 11) is 0. The van der Waals surface area contributed by atoms with Crippen LogP contribution in [0.2, 0.25) is 0 Å². The summed E-state index contributed by atoms with van der Waals surface area (Å²) in [5.41, 5.74) is 0.576. The zero-order chi connectivity index (χ0) is 16.9. The number of aliphatic hydroxyl groups excluding tert-OH is 1. The first-order valence-corrected chi connectivity index (χ1v) is 8.15. The molecule has 1 aliphatic rings. The van der Waals surface area contributed by atoms with E-state index in [1.807, 2.05) is 51.1 Å². The molecule has 1 amide bonds. The maximum absolute atomic E-state index is 12.1. The molecule has 1 aliphatic heterocycles. The maximum Gasteiger partial charge on any atom is 0.410 e. The number of nitrogens with zero attached hydrogens (tertiary/aromatic N) is 1. The SMILES string of the molecule is CC(C)(C)OC(=O)N1CCC(OCc2ccccc2)CC(O)C1. The van der Waals surface area contributed by atoms with Crippen LogP contribution in [0.5, 0.6) is 0 Å². The molecule has 0 spiro atoms. The number of hydrogen-bond acceptors (Lipinski definition) is 4. The molecular weight excluding hydrogens is 294 g/mol. The number of carbonyl (C=O) groups is 1. The number of aliphatic hydroxyl groups is 1. The lowest BCUT2D eigenvalue weighted by molar-refractivity contribution is 0.00779. The molecule has 5 heteroatoms. The second kappa shape index (κ2) is 7.79. The van der Waals surface area contributed by atoms with E-state index in [9.17, 15) is 9.90 Å². The van der Waals surface area contributed by atoms with Crippen LogP contribution >= 0.6 is 0 Å². The van der Waals surface area contributed by atoms with Crippen molar-refractivity contribution in [1.29, 1.82) is 0 Å². The molecule has 0 saturated carbocycles. The molecule has 1 fully saturated rings. The van der Waals surface area contributed by atoms with Crippen LogP contribution in [0.25, 0.3) is 0 Å². The van der Waals surface area contributed by atoms with E-state index >= 15 is 0 Å². The summed E-state index contributed by atoms with van der Waals surface area (Å²) in [6.45, 7) is 6.86. The summed E-state index contributed by atoms with van der Waals surface area (Å²) in [4.78, 5) is 13.7. The first-order chi connectivity index (χ1) is 10.8. The van der Waals surface area contributed by atoms with E-state index < -0.39 is 11.7 Å². The summed E-state index contributed by atoms with van der Waals surface area (Å²) in [5, 5.41) is 10.1. The lowest BCUT2D eigenvalue weighted by atomic mass is 10.1. The van der Waals surface area contributed by atoms with Crippen molar-refractivity contribution in [2.75, 3.05) is 13.1 Å². The van der Waals surface area contributed by atoms with Crippen molar-refractivity contribution in [2.45, 2.75) is 58.0 Å². The molecule has 0 radical (unpaired) electrons. The second-order valence-corrected chi connectivity index (χ2v) is 7.02. The summed E-state index contributed by atoms with van der Waals surface area (Å²) in [6, 6.07) is 9.95. The Bertz CT molecular complexity index is 497. The molecule has 1 N–H and O–H groups in total. The number of hydrogen-bond donors (Lipinski definition) is 1. The van der Waals surface area contributed by atoms with Crippen molar-refractivity contribution in [3.8, 4) is 0 Å². The van der Waals surface area contributed by atoms with Gasteiger partial charge in [-0.3, -0.25) is 0 Å². The van der Waals surface area contributed by atoms with Gasteiger partial charge in [0.1, 0.15) is 5.60 Å². The largest absolute Gasteiger partial charge is 0.444 e. The number of likely N-dealkylation sites (tertiary alicyclic amines) is 1. The highest BCUT2D eigenvalue weighted by atomic mass is 16.6. The molecule has 5 nitrogen and oxygen atoms in total. The summed E-state index contributed by atoms with van der Waals surface area (Å²) >= 11 is 0. The lowest BCUT2D eigenvalue weighted by Gasteiger charge is -2.27. The Kier molecular flexibility index (Phi) is 6.02. The monoisotopic (exact) mass is 321 g/mol. The fraction of sp³-hybridized carbons (Fsp3) is 0.611. The van der Waals surface area contributed by atoms with Crippen molar-refractivity contribution < 1.29 is 19.4 Å². The molecule has 1 aromatic rings. The molecule has 128 valence electrons. The predicted molar refractivity (Wildman–Crippen MR) is 88.1 cm³/mol. The smallest absolute Gasteiger partial charge is 0.410 e. The van der Waals surface area contributed by atoms with Crippen LogP contribution in [-0.2, 0) is 16.1 Å². The van der Waals surface area contributed by atoms with Gasteiger partial charge in [0.15, 0.2) is 0 Å². The zero-order valence-electron chi connectivity index (χ0n) is 14.2. The van der Waals surface area contributed by atoms with Crippen LogP contribution in [0.1, 0.15) is 39.2 Å². The van der Waals surface area contributed by atoms with Crippen molar-refractivity contribution in [3.05, 3.63) is 35.9 Å². The molecule has 0 aromatic heterocycles. The topological polar surface area (TPSA) is 59.0 Å². The Morgan fingerprint density at radius 3 is 2.65 bits per heavy atom. The standard InChI is InChI=1S/C18H27NO4/c1-18(2,3)23-17(21)19-10-9-16(11-15(20)12-19)22-13-14-7-5-4-6-8-14/h4-8,15-16,20H,9-13H2,1-3H3. The highest BCUT2D eigenvalue weighted by Crippen LogP contribution is 2.19. The first-order valence-electron chi connectivity index (χ1n) is 8.15. The van der Waals surface area contributed by atoms with E-state index in [4.69, 9.17) is 9.47 Å². The Labute approximate surface area is 138 Å². The Morgan fingerprint density at radius 2 is 2.00 bits per heavy atom. The third kappa shape index (κ3) is 6.20. The molecule has 1 aromatic carbocycles. The minimum Gasteiger partial charge on any atom is -0.444 e. The number of carbonyl (C=O) groups excluding carboxylic acids is 1. The van der Waals surface area contributed by atoms with Crippen LogP contribution in [0.4, 0.5) is 4.79 Å². The number of β-amino-alcohol motifs (C(OH)–C–C–N with tert-alkyl or cyclic N) is 1. The fourth-order valence-corrected chi connectivity index (χ4v) is 2.57. The predicted octanol–water partition coefficient (Wildman–Crippen LogP) is 2.96. The fourth-order valence-electron chi connectivity index (χ4n) is 2.57. The van der Waals surface area contributed by atoms with E-state index in [2.05, 4.69) is 0 Å². The van der Waals surface area contributed by atoms with Crippen molar-refractivity contribution in [3.63, 3.8) is 0 Å². The van der Waals surface area contributed by atoms with Crippen LogP contribution < -0.4 is 0 Å². The van der Waals surface area contributed by atoms with Crippen molar-refractivity contribution in [2.24, 2.45) is 0 Å². The molecule has 1 saturated heterocycles. The Balaban J connectivity index is 1.86. The van der Waals surface area contributed by atoms with Gasteiger partial charge in [-0.25, -0.2) is 4.79 Å². The van der Waals surface area contributed by atoms with Gasteiger partial charge in [-0.1, -0.05) is 30.3 Å². The third-order valence-electron chi connectivity index (χ3n) is 3.67. The van der Waals surface area contributed by atoms with Crippen LogP contribution in [0.15, 0.2) is 30.3 Å². The Hall–Kier alpha value is -1.59. The van der Waals surface area contributed by atoms with Crippen LogP contribution in [0.3, 0.4) is 0 Å². The summed E-state index contributed by atoms with van der Waals surface area (Å²) in [6.07, 6.45) is 0.207. The van der Waals surface area contributed by atoms with E-state index in [0.29, 0.717) is 32.5 Å². The molecule has 0 bridgehead atoms. The third-order valence-corrected chi connectivity index (χ3v) is 3.67. The van der Waals surface area contributed by atoms with Gasteiger partial charge in [0, 0.05) is 13.0 Å². The zero-order valence-corrected chi connectivity index (χ0v) is 14.2. The summed E-state index contributed by atoms with van der Waals surface area (Å²) in [5.74, 6) is 0. The van der Waals surface area contributed by atoms with Crippen molar-refractivity contribution >= 4 is 6.09 Å². The molecule has 2 rings (SSSR count). The van der Waals surface area contributed by atoms with Gasteiger partial charge >= 0.3 is 6.09 Å².